The Morgan fingerprint density at radius 3 is 2.28 bits per heavy atom. The summed E-state index contributed by atoms with van der Waals surface area (Å²) in [5.74, 6) is -0.427. The van der Waals surface area contributed by atoms with Crippen LogP contribution in [0.1, 0.15) is 50.4 Å². The van der Waals surface area contributed by atoms with Gasteiger partial charge in [-0.15, -0.1) is 12.4 Å². The van der Waals surface area contributed by atoms with Crippen LogP contribution in [0, 0.1) is 5.41 Å². The number of hydrogen-bond acceptors (Lipinski definition) is 5. The third kappa shape index (κ3) is 7.46. The van der Waals surface area contributed by atoms with E-state index < -0.39 is 12.0 Å². The Bertz CT molecular complexity index is 932. The van der Waals surface area contributed by atoms with Crippen molar-refractivity contribution in [2.75, 3.05) is 17.2 Å². The molecule has 174 valence electrons. The molecule has 8 nitrogen and oxygen atoms in total. The Hall–Kier alpha value is -3.26. The van der Waals surface area contributed by atoms with Gasteiger partial charge in [0.25, 0.3) is 0 Å². The maximum absolute atomic E-state index is 12.7. The quantitative estimate of drug-likeness (QED) is 0.217. The fourth-order valence-corrected chi connectivity index (χ4v) is 3.04. The average molecular weight is 462 g/mol. The first-order valence-electron chi connectivity index (χ1n) is 10.3. The molecule has 2 aromatic rings. The molecule has 0 radical (unpaired) electrons. The number of amides is 2. The minimum absolute atomic E-state index is 0. The van der Waals surface area contributed by atoms with E-state index in [4.69, 9.17) is 15.9 Å². The van der Waals surface area contributed by atoms with Crippen molar-refractivity contribution in [2.45, 2.75) is 46.2 Å². The molecule has 6 N–H and O–H groups in total. The lowest BCUT2D eigenvalue weighted by atomic mass is 10.0. The van der Waals surface area contributed by atoms with Crippen molar-refractivity contribution in [1.82, 2.24) is 5.32 Å². The molecular formula is C23H32ClN5O3. The summed E-state index contributed by atoms with van der Waals surface area (Å²) in [5, 5.41) is 16.4. The van der Waals surface area contributed by atoms with Gasteiger partial charge in [0.15, 0.2) is 6.04 Å². The highest BCUT2D eigenvalue weighted by molar-refractivity contribution is 5.95. The first-order valence-corrected chi connectivity index (χ1v) is 10.3. The fourth-order valence-electron chi connectivity index (χ4n) is 3.04. The number of nitrogens with one attached hydrogen (secondary N) is 4. The number of carbonyl (C=O) groups is 2. The summed E-state index contributed by atoms with van der Waals surface area (Å²) >= 11 is 0. The van der Waals surface area contributed by atoms with E-state index in [1.54, 1.807) is 43.3 Å². The molecule has 0 aliphatic heterocycles. The summed E-state index contributed by atoms with van der Waals surface area (Å²) in [5.41, 5.74) is 9.12. The van der Waals surface area contributed by atoms with Gasteiger partial charge in [-0.25, -0.2) is 9.59 Å². The van der Waals surface area contributed by atoms with Crippen LogP contribution < -0.4 is 21.7 Å². The second-order valence-electron chi connectivity index (χ2n) is 7.34. The van der Waals surface area contributed by atoms with Gasteiger partial charge in [0, 0.05) is 23.0 Å². The number of carbonyl (C=O) groups excluding carboxylic acids is 2. The highest BCUT2D eigenvalue weighted by Gasteiger charge is 2.23. The summed E-state index contributed by atoms with van der Waals surface area (Å²) in [6.45, 7) is 7.78. The number of rotatable bonds is 9. The molecule has 0 spiro atoms. The zero-order chi connectivity index (χ0) is 23.0. The molecule has 2 rings (SSSR count). The predicted molar refractivity (Wildman–Crippen MR) is 131 cm³/mol. The fraction of sp³-hybridized carbons (Fsp3) is 0.348. The molecule has 0 bridgehead atoms. The maximum atomic E-state index is 12.7. The van der Waals surface area contributed by atoms with E-state index >= 15 is 0 Å². The van der Waals surface area contributed by atoms with Gasteiger partial charge in [-0.05, 0) is 68.7 Å². The van der Waals surface area contributed by atoms with Crippen LogP contribution in [0.4, 0.5) is 16.2 Å². The van der Waals surface area contributed by atoms with Crippen LogP contribution >= 0.6 is 12.4 Å². The zero-order valence-corrected chi connectivity index (χ0v) is 19.6. The highest BCUT2D eigenvalue weighted by Crippen LogP contribution is 2.26. The highest BCUT2D eigenvalue weighted by atomic mass is 35.5. The number of halogens is 1. The molecule has 0 aromatic heterocycles. The molecule has 9 heteroatoms. The van der Waals surface area contributed by atoms with Crippen LogP contribution in [0.15, 0.2) is 42.5 Å². The Morgan fingerprint density at radius 1 is 1.09 bits per heavy atom. The van der Waals surface area contributed by atoms with Crippen molar-refractivity contribution in [1.29, 1.82) is 5.41 Å². The summed E-state index contributed by atoms with van der Waals surface area (Å²) in [6, 6.07) is 11.4. The Balaban J connectivity index is 0.00000512. The average Bonchev–Trinajstić information content (AvgIpc) is 2.72. The minimum Gasteiger partial charge on any atom is -0.464 e. The van der Waals surface area contributed by atoms with Crippen LogP contribution in [0.2, 0.25) is 0 Å². The number of esters is 1. The van der Waals surface area contributed by atoms with Crippen molar-refractivity contribution in [2.24, 2.45) is 5.73 Å². The van der Waals surface area contributed by atoms with Crippen LogP contribution in [0.3, 0.4) is 0 Å². The lowest BCUT2D eigenvalue weighted by Crippen LogP contribution is -2.34. The summed E-state index contributed by atoms with van der Waals surface area (Å²) in [7, 11) is 0. The topological polar surface area (TPSA) is 129 Å². The molecule has 0 fully saturated rings. The van der Waals surface area contributed by atoms with Gasteiger partial charge < -0.3 is 26.4 Å². The van der Waals surface area contributed by atoms with Crippen molar-refractivity contribution in [3.63, 3.8) is 0 Å². The molecule has 32 heavy (non-hydrogen) atoms. The minimum atomic E-state index is -0.730. The van der Waals surface area contributed by atoms with E-state index in [0.717, 1.165) is 11.1 Å². The number of benzene rings is 2. The van der Waals surface area contributed by atoms with Crippen LogP contribution in [-0.2, 0) is 16.0 Å². The summed E-state index contributed by atoms with van der Waals surface area (Å²) < 4.78 is 5.27. The number of hydrogen-bond donors (Lipinski definition) is 5. The number of amidine groups is 1. The Labute approximate surface area is 195 Å². The number of nitrogens with two attached hydrogens (primary N) is 1. The summed E-state index contributed by atoms with van der Waals surface area (Å²) in [4.78, 5) is 24.8. The van der Waals surface area contributed by atoms with Gasteiger partial charge in [0.05, 0.1) is 6.61 Å². The van der Waals surface area contributed by atoms with E-state index in [2.05, 4.69) is 16.0 Å². The SMILES string of the molecule is CCOC(=O)C(Nc1ccc(C(=N)N)cc1)c1ccc(NC(=O)NC(C)C)c(CC)c1.Cl. The lowest BCUT2D eigenvalue weighted by Gasteiger charge is -2.21. The number of aryl methyl sites for hydroxylation is 1. The summed E-state index contributed by atoms with van der Waals surface area (Å²) in [6.07, 6.45) is 0.675. The lowest BCUT2D eigenvalue weighted by molar-refractivity contribution is -0.144. The van der Waals surface area contributed by atoms with Crippen molar-refractivity contribution in [3.8, 4) is 0 Å². The standard InChI is InChI=1S/C23H31N5O3.ClH/c1-5-15-13-17(9-12-19(15)28-23(30)26-14(3)4)20(22(29)31-6-2)27-18-10-7-16(8-11-18)21(24)25;/h7-14,20,27H,5-6H2,1-4H3,(H3,24,25)(H2,26,28,30);1H. The van der Waals surface area contributed by atoms with Gasteiger partial charge in [0.1, 0.15) is 5.84 Å². The number of ether oxygens (including phenoxy) is 1. The normalized spacial score (nSPS) is 11.2. The van der Waals surface area contributed by atoms with Gasteiger partial charge in [-0.3, -0.25) is 5.41 Å². The third-order valence-electron chi connectivity index (χ3n) is 4.54. The van der Waals surface area contributed by atoms with Gasteiger partial charge in [0.2, 0.25) is 0 Å². The molecule has 0 aliphatic rings. The second kappa shape index (κ2) is 12.6. The second-order valence-corrected chi connectivity index (χ2v) is 7.34. The Morgan fingerprint density at radius 2 is 1.75 bits per heavy atom. The molecule has 2 amide bonds. The first kappa shape index (κ1) is 26.8. The number of anilines is 2. The smallest absolute Gasteiger partial charge is 0.333 e. The van der Waals surface area contributed by atoms with E-state index in [1.165, 1.54) is 0 Å². The van der Waals surface area contributed by atoms with Crippen LogP contribution in [0.5, 0.6) is 0 Å². The monoisotopic (exact) mass is 461 g/mol. The maximum Gasteiger partial charge on any atom is 0.333 e. The zero-order valence-electron chi connectivity index (χ0n) is 18.8. The van der Waals surface area contributed by atoms with Crippen molar-refractivity contribution in [3.05, 3.63) is 59.2 Å². The van der Waals surface area contributed by atoms with Gasteiger partial charge in [-0.2, -0.15) is 0 Å². The Kier molecular flexibility index (Phi) is 10.5. The van der Waals surface area contributed by atoms with E-state index in [-0.39, 0.29) is 36.9 Å². The van der Waals surface area contributed by atoms with Gasteiger partial charge >= 0.3 is 12.0 Å². The molecule has 0 saturated carbocycles. The van der Waals surface area contributed by atoms with E-state index in [9.17, 15) is 9.59 Å². The number of nitrogen functional groups attached to an aromatic ring is 1. The van der Waals surface area contributed by atoms with Crippen molar-refractivity contribution < 1.29 is 14.3 Å². The number of urea groups is 1. The van der Waals surface area contributed by atoms with Crippen LogP contribution in [0.25, 0.3) is 0 Å². The molecule has 0 aliphatic carbocycles. The predicted octanol–water partition coefficient (Wildman–Crippen LogP) is 4.20. The van der Waals surface area contributed by atoms with Gasteiger partial charge in [-0.1, -0.05) is 19.1 Å². The van der Waals surface area contributed by atoms with Crippen molar-refractivity contribution >= 4 is 41.6 Å². The van der Waals surface area contributed by atoms with E-state index in [1.807, 2.05) is 26.8 Å². The first-order chi connectivity index (χ1) is 14.7. The molecule has 0 saturated heterocycles. The molecule has 1 unspecified atom stereocenters. The largest absolute Gasteiger partial charge is 0.464 e. The van der Waals surface area contributed by atoms with E-state index in [0.29, 0.717) is 23.4 Å². The molecule has 2 aromatic carbocycles. The molecule has 0 heterocycles. The van der Waals surface area contributed by atoms with Crippen LogP contribution in [-0.4, -0.2) is 30.5 Å². The molecule has 1 atom stereocenters. The molecular weight excluding hydrogens is 430 g/mol. The third-order valence-corrected chi connectivity index (χ3v) is 4.54.